The Kier molecular flexibility index (Phi) is 5.27. The summed E-state index contributed by atoms with van der Waals surface area (Å²) >= 11 is 12.3. The highest BCUT2D eigenvalue weighted by molar-refractivity contribution is 6.36. The quantitative estimate of drug-likeness (QED) is 0.738. The third kappa shape index (κ3) is 3.63. The van der Waals surface area contributed by atoms with Gasteiger partial charge in [0.15, 0.2) is 5.65 Å². The normalized spacial score (nSPS) is 11.0. The maximum absolute atomic E-state index is 13.1. The minimum Gasteiger partial charge on any atom is -0.395 e. The van der Waals surface area contributed by atoms with Crippen molar-refractivity contribution in [2.45, 2.75) is 13.5 Å². The summed E-state index contributed by atoms with van der Waals surface area (Å²) in [6.45, 7) is 2.23. The van der Waals surface area contributed by atoms with E-state index in [0.29, 0.717) is 33.6 Å². The number of carbonyl (C=O) groups is 1. The molecule has 1 amide bonds. The zero-order chi connectivity index (χ0) is 18.0. The van der Waals surface area contributed by atoms with Gasteiger partial charge in [0.1, 0.15) is 5.69 Å². The van der Waals surface area contributed by atoms with Crippen LogP contribution in [0.3, 0.4) is 0 Å². The predicted molar refractivity (Wildman–Crippen MR) is 98.2 cm³/mol. The molecule has 25 heavy (non-hydrogen) atoms. The highest BCUT2D eigenvalue weighted by atomic mass is 35.5. The number of hydrogen-bond donors (Lipinski definition) is 1. The van der Waals surface area contributed by atoms with Crippen LogP contribution in [-0.4, -0.2) is 38.4 Å². The molecule has 0 fully saturated rings. The van der Waals surface area contributed by atoms with Gasteiger partial charge in [0.05, 0.1) is 22.3 Å². The van der Waals surface area contributed by atoms with Gasteiger partial charge in [0, 0.05) is 19.3 Å². The monoisotopic (exact) mass is 377 g/mol. The highest BCUT2D eigenvalue weighted by Gasteiger charge is 2.23. The Labute approximate surface area is 155 Å². The second kappa shape index (κ2) is 7.44. The molecule has 0 aliphatic carbocycles. The van der Waals surface area contributed by atoms with Crippen LogP contribution in [0.2, 0.25) is 10.0 Å². The zero-order valence-corrected chi connectivity index (χ0v) is 15.1. The van der Waals surface area contributed by atoms with Gasteiger partial charge in [-0.2, -0.15) is 0 Å². The molecule has 0 atom stereocenters. The van der Waals surface area contributed by atoms with Crippen molar-refractivity contribution in [1.29, 1.82) is 0 Å². The molecule has 0 unspecified atom stereocenters. The summed E-state index contributed by atoms with van der Waals surface area (Å²) in [4.78, 5) is 19.1. The van der Waals surface area contributed by atoms with E-state index < -0.39 is 0 Å². The van der Waals surface area contributed by atoms with E-state index in [1.54, 1.807) is 28.5 Å². The smallest absolute Gasteiger partial charge is 0.273 e. The molecule has 0 aliphatic rings. The molecule has 0 spiro atoms. The van der Waals surface area contributed by atoms with Crippen molar-refractivity contribution in [2.75, 3.05) is 13.2 Å². The van der Waals surface area contributed by atoms with Gasteiger partial charge < -0.3 is 10.0 Å². The Bertz CT molecular complexity index is 910. The van der Waals surface area contributed by atoms with Gasteiger partial charge in [-0.15, -0.1) is 0 Å². The van der Waals surface area contributed by atoms with Gasteiger partial charge in [-0.1, -0.05) is 53.5 Å². The number of carbonyl (C=O) groups excluding carboxylic acids is 1. The molecule has 0 bridgehead atoms. The first-order valence-corrected chi connectivity index (χ1v) is 8.54. The number of rotatable bonds is 5. The van der Waals surface area contributed by atoms with E-state index in [4.69, 9.17) is 23.2 Å². The molecule has 3 rings (SSSR count). The second-order valence-corrected chi connectivity index (χ2v) is 6.53. The van der Waals surface area contributed by atoms with Crippen LogP contribution in [0.1, 0.15) is 21.7 Å². The van der Waals surface area contributed by atoms with Crippen molar-refractivity contribution in [3.63, 3.8) is 0 Å². The Morgan fingerprint density at radius 1 is 1.28 bits per heavy atom. The molecule has 130 valence electrons. The van der Waals surface area contributed by atoms with Crippen molar-refractivity contribution < 1.29 is 9.90 Å². The van der Waals surface area contributed by atoms with Crippen molar-refractivity contribution >= 4 is 34.8 Å². The predicted octanol–water partition coefficient (Wildman–Crippen LogP) is 3.58. The van der Waals surface area contributed by atoms with E-state index in [-0.39, 0.29) is 19.1 Å². The largest absolute Gasteiger partial charge is 0.395 e. The summed E-state index contributed by atoms with van der Waals surface area (Å²) in [5.41, 5.74) is 2.41. The molecule has 1 N–H and O–H groups in total. The molecule has 0 saturated heterocycles. The summed E-state index contributed by atoms with van der Waals surface area (Å²) in [6.07, 6.45) is 1.62. The number of aryl methyl sites for hydroxylation is 1. The van der Waals surface area contributed by atoms with Crippen molar-refractivity contribution in [1.82, 2.24) is 14.3 Å². The number of amides is 1. The van der Waals surface area contributed by atoms with Gasteiger partial charge in [0.2, 0.25) is 0 Å². The summed E-state index contributed by atoms with van der Waals surface area (Å²) < 4.78 is 1.61. The lowest BCUT2D eigenvalue weighted by Crippen LogP contribution is -2.34. The topological polar surface area (TPSA) is 57.8 Å². The molecule has 0 saturated carbocycles. The fourth-order valence-corrected chi connectivity index (χ4v) is 3.28. The number of imidazole rings is 1. The summed E-state index contributed by atoms with van der Waals surface area (Å²) in [5.74, 6) is -0.235. The average Bonchev–Trinajstić information content (AvgIpc) is 2.91. The van der Waals surface area contributed by atoms with Gasteiger partial charge in [-0.05, 0) is 18.6 Å². The van der Waals surface area contributed by atoms with Crippen LogP contribution in [0.4, 0.5) is 0 Å². The zero-order valence-electron chi connectivity index (χ0n) is 13.6. The summed E-state index contributed by atoms with van der Waals surface area (Å²) in [6, 6.07) is 11.2. The van der Waals surface area contributed by atoms with Crippen LogP contribution in [0.25, 0.3) is 5.65 Å². The number of pyridine rings is 1. The molecule has 5 nitrogen and oxygen atoms in total. The molecule has 0 aliphatic heterocycles. The van der Waals surface area contributed by atoms with E-state index in [9.17, 15) is 9.90 Å². The van der Waals surface area contributed by atoms with Gasteiger partial charge in [-0.3, -0.25) is 9.20 Å². The summed E-state index contributed by atoms with van der Waals surface area (Å²) in [5, 5.41) is 10.2. The van der Waals surface area contributed by atoms with E-state index in [2.05, 4.69) is 4.98 Å². The van der Waals surface area contributed by atoms with Crippen molar-refractivity contribution in [3.8, 4) is 0 Å². The first-order valence-electron chi connectivity index (χ1n) is 7.79. The number of fused-ring (bicyclic) bond motifs is 1. The van der Waals surface area contributed by atoms with E-state index >= 15 is 0 Å². The Hall–Kier alpha value is -2.08. The van der Waals surface area contributed by atoms with Crippen LogP contribution >= 0.6 is 23.2 Å². The molecule has 2 aromatic heterocycles. The summed E-state index contributed by atoms with van der Waals surface area (Å²) in [7, 11) is 0. The fraction of sp³-hybridized carbons (Fsp3) is 0.222. The van der Waals surface area contributed by atoms with Gasteiger partial charge in [0.25, 0.3) is 5.91 Å². The van der Waals surface area contributed by atoms with Crippen LogP contribution in [0.15, 0.2) is 42.6 Å². The SMILES string of the molecule is Cc1nc2c(Cl)cc(Cl)cn2c1C(=O)N(CCO)Cc1ccccc1. The number of halogens is 2. The van der Waals surface area contributed by atoms with Gasteiger partial charge in [-0.25, -0.2) is 4.98 Å². The highest BCUT2D eigenvalue weighted by Crippen LogP contribution is 2.25. The second-order valence-electron chi connectivity index (χ2n) is 5.68. The molecule has 7 heteroatoms. The van der Waals surface area contributed by atoms with Gasteiger partial charge >= 0.3 is 0 Å². The number of aliphatic hydroxyl groups excluding tert-OH is 1. The maximum Gasteiger partial charge on any atom is 0.273 e. The van der Waals surface area contributed by atoms with Crippen LogP contribution in [-0.2, 0) is 6.54 Å². The Morgan fingerprint density at radius 3 is 2.68 bits per heavy atom. The number of aliphatic hydroxyl groups is 1. The van der Waals surface area contributed by atoms with Crippen LogP contribution in [0, 0.1) is 6.92 Å². The number of aromatic nitrogens is 2. The molecule has 0 radical (unpaired) electrons. The molecule has 1 aromatic carbocycles. The van der Waals surface area contributed by atoms with Crippen LogP contribution in [0.5, 0.6) is 0 Å². The third-order valence-electron chi connectivity index (χ3n) is 3.89. The molecular formula is C18H17Cl2N3O2. The van der Waals surface area contributed by atoms with E-state index in [1.165, 1.54) is 0 Å². The Morgan fingerprint density at radius 2 is 2.00 bits per heavy atom. The minimum absolute atomic E-state index is 0.129. The van der Waals surface area contributed by atoms with Crippen LogP contribution < -0.4 is 0 Å². The standard InChI is InChI=1S/C18H17Cl2N3O2/c1-12-16(23-11-14(19)9-15(20)17(23)21-12)18(25)22(7-8-24)10-13-5-3-2-4-6-13/h2-6,9,11,24H,7-8,10H2,1H3. The third-order valence-corrected chi connectivity index (χ3v) is 4.38. The molecular weight excluding hydrogens is 361 g/mol. The van der Waals surface area contributed by atoms with Crippen molar-refractivity contribution in [2.24, 2.45) is 0 Å². The fourth-order valence-electron chi connectivity index (χ4n) is 2.77. The first-order chi connectivity index (χ1) is 12.0. The minimum atomic E-state index is -0.235. The first kappa shape index (κ1) is 17.7. The molecule has 2 heterocycles. The average molecular weight is 378 g/mol. The maximum atomic E-state index is 13.1. The number of nitrogens with zero attached hydrogens (tertiary/aromatic N) is 3. The number of hydrogen-bond acceptors (Lipinski definition) is 3. The number of benzene rings is 1. The lowest BCUT2D eigenvalue weighted by Gasteiger charge is -2.22. The van der Waals surface area contributed by atoms with Crippen molar-refractivity contribution in [3.05, 3.63) is 69.6 Å². The lowest BCUT2D eigenvalue weighted by atomic mass is 10.2. The van der Waals surface area contributed by atoms with E-state index in [0.717, 1.165) is 5.56 Å². The lowest BCUT2D eigenvalue weighted by molar-refractivity contribution is 0.0700. The Balaban J connectivity index is 2.02. The molecule has 3 aromatic rings. The van der Waals surface area contributed by atoms with E-state index in [1.807, 2.05) is 30.3 Å².